The summed E-state index contributed by atoms with van der Waals surface area (Å²) in [5, 5.41) is 0. The molecule has 1 saturated heterocycles. The van der Waals surface area contributed by atoms with E-state index in [1.807, 2.05) is 30.0 Å². The molecule has 86 valence electrons. The van der Waals surface area contributed by atoms with Crippen LogP contribution in [0.4, 0.5) is 0 Å². The molecule has 1 aliphatic rings. The molecule has 0 radical (unpaired) electrons. The zero-order valence-corrected chi connectivity index (χ0v) is 9.82. The van der Waals surface area contributed by atoms with Crippen molar-refractivity contribution < 1.29 is 9.53 Å². The van der Waals surface area contributed by atoms with Crippen molar-refractivity contribution in [2.75, 3.05) is 20.2 Å². The molecule has 2 rings (SSSR count). The maximum absolute atomic E-state index is 12.1. The summed E-state index contributed by atoms with van der Waals surface area (Å²) in [7, 11) is 1.64. The highest BCUT2D eigenvalue weighted by Crippen LogP contribution is 2.20. The van der Waals surface area contributed by atoms with E-state index in [0.29, 0.717) is 0 Å². The molecule has 1 heterocycles. The Morgan fingerprint density at radius 3 is 2.56 bits per heavy atom. The first-order valence-electron chi connectivity index (χ1n) is 5.66. The van der Waals surface area contributed by atoms with Gasteiger partial charge >= 0.3 is 0 Å². The number of likely N-dealkylation sites (tertiary alicyclic amines) is 1. The summed E-state index contributed by atoms with van der Waals surface area (Å²) < 4.78 is 5.18. The third kappa shape index (κ3) is 2.03. The molecular weight excluding hydrogens is 202 g/mol. The molecule has 0 aliphatic carbocycles. The van der Waals surface area contributed by atoms with E-state index in [-0.39, 0.29) is 5.91 Å². The van der Waals surface area contributed by atoms with Crippen LogP contribution in [0.3, 0.4) is 0 Å². The van der Waals surface area contributed by atoms with Gasteiger partial charge in [-0.05, 0) is 43.5 Å². The highest BCUT2D eigenvalue weighted by molar-refractivity contribution is 5.94. The van der Waals surface area contributed by atoms with Gasteiger partial charge in [0.25, 0.3) is 5.91 Å². The molecule has 0 aromatic heterocycles. The fourth-order valence-corrected chi connectivity index (χ4v) is 2.11. The maximum atomic E-state index is 12.1. The second-order valence-electron chi connectivity index (χ2n) is 4.18. The minimum atomic E-state index is 0.142. The molecule has 0 bridgehead atoms. The van der Waals surface area contributed by atoms with Gasteiger partial charge < -0.3 is 9.64 Å². The predicted molar refractivity (Wildman–Crippen MR) is 62.9 cm³/mol. The third-order valence-corrected chi connectivity index (χ3v) is 3.04. The van der Waals surface area contributed by atoms with Gasteiger partial charge in [-0.1, -0.05) is 0 Å². The molecule has 1 amide bonds. The number of carbonyl (C=O) groups excluding carboxylic acids is 1. The van der Waals surface area contributed by atoms with Crippen LogP contribution in [0.5, 0.6) is 5.75 Å². The van der Waals surface area contributed by atoms with Gasteiger partial charge in [0.15, 0.2) is 0 Å². The number of aryl methyl sites for hydroxylation is 1. The molecule has 1 aromatic carbocycles. The number of carbonyl (C=O) groups is 1. The smallest absolute Gasteiger partial charge is 0.253 e. The number of amides is 1. The molecule has 3 heteroatoms. The van der Waals surface area contributed by atoms with Gasteiger partial charge in [0.2, 0.25) is 0 Å². The number of ether oxygens (including phenoxy) is 1. The van der Waals surface area contributed by atoms with E-state index in [0.717, 1.165) is 42.8 Å². The molecule has 1 aromatic rings. The van der Waals surface area contributed by atoms with E-state index in [4.69, 9.17) is 4.74 Å². The lowest BCUT2D eigenvalue weighted by Crippen LogP contribution is -2.27. The highest BCUT2D eigenvalue weighted by Gasteiger charge is 2.19. The molecule has 0 N–H and O–H groups in total. The third-order valence-electron chi connectivity index (χ3n) is 3.04. The normalized spacial score (nSPS) is 15.2. The Kier molecular flexibility index (Phi) is 3.13. The first-order chi connectivity index (χ1) is 7.72. The number of methoxy groups -OCH3 is 1. The summed E-state index contributed by atoms with van der Waals surface area (Å²) >= 11 is 0. The fraction of sp³-hybridized carbons (Fsp3) is 0.462. The minimum absolute atomic E-state index is 0.142. The van der Waals surface area contributed by atoms with Crippen molar-refractivity contribution in [3.05, 3.63) is 29.3 Å². The summed E-state index contributed by atoms with van der Waals surface area (Å²) in [6, 6.07) is 5.60. The monoisotopic (exact) mass is 219 g/mol. The van der Waals surface area contributed by atoms with E-state index in [2.05, 4.69) is 0 Å². The standard InChI is InChI=1S/C13H17NO2/c1-10-9-11(5-6-12(10)16-2)13(15)14-7-3-4-8-14/h5-6,9H,3-4,7-8H2,1-2H3. The topological polar surface area (TPSA) is 29.5 Å². The van der Waals surface area contributed by atoms with Crippen molar-refractivity contribution >= 4 is 5.91 Å². The average Bonchev–Trinajstić information content (AvgIpc) is 2.81. The van der Waals surface area contributed by atoms with Gasteiger partial charge in [-0.2, -0.15) is 0 Å². The van der Waals surface area contributed by atoms with Crippen molar-refractivity contribution in [2.45, 2.75) is 19.8 Å². The molecule has 0 atom stereocenters. The Bertz CT molecular complexity index is 395. The van der Waals surface area contributed by atoms with Gasteiger partial charge in [-0.3, -0.25) is 4.79 Å². The minimum Gasteiger partial charge on any atom is -0.496 e. The van der Waals surface area contributed by atoms with Crippen LogP contribution < -0.4 is 4.74 Å². The number of rotatable bonds is 2. The number of hydrogen-bond acceptors (Lipinski definition) is 2. The summed E-state index contributed by atoms with van der Waals surface area (Å²) in [5.41, 5.74) is 1.77. The fourth-order valence-electron chi connectivity index (χ4n) is 2.11. The van der Waals surface area contributed by atoms with Crippen LogP contribution in [0.15, 0.2) is 18.2 Å². The SMILES string of the molecule is COc1ccc(C(=O)N2CCCC2)cc1C. The maximum Gasteiger partial charge on any atom is 0.253 e. The second kappa shape index (κ2) is 4.56. The van der Waals surface area contributed by atoms with E-state index in [1.54, 1.807) is 7.11 Å². The lowest BCUT2D eigenvalue weighted by Gasteiger charge is -2.16. The Labute approximate surface area is 96.0 Å². The summed E-state index contributed by atoms with van der Waals surface area (Å²) in [4.78, 5) is 14.0. The van der Waals surface area contributed by atoms with Crippen molar-refractivity contribution in [3.63, 3.8) is 0 Å². The van der Waals surface area contributed by atoms with Crippen molar-refractivity contribution in [2.24, 2.45) is 0 Å². The van der Waals surface area contributed by atoms with Crippen molar-refractivity contribution in [1.82, 2.24) is 4.90 Å². The van der Waals surface area contributed by atoms with E-state index >= 15 is 0 Å². The molecule has 0 saturated carbocycles. The van der Waals surface area contributed by atoms with Crippen LogP contribution in [0.1, 0.15) is 28.8 Å². The molecule has 1 fully saturated rings. The second-order valence-corrected chi connectivity index (χ2v) is 4.18. The molecule has 1 aliphatic heterocycles. The molecule has 0 unspecified atom stereocenters. The number of hydrogen-bond donors (Lipinski definition) is 0. The van der Waals surface area contributed by atoms with Crippen molar-refractivity contribution in [1.29, 1.82) is 0 Å². The lowest BCUT2D eigenvalue weighted by atomic mass is 10.1. The zero-order chi connectivity index (χ0) is 11.5. The molecule has 16 heavy (non-hydrogen) atoms. The van der Waals surface area contributed by atoms with Gasteiger partial charge in [0.05, 0.1) is 7.11 Å². The van der Waals surface area contributed by atoms with Gasteiger partial charge in [-0.25, -0.2) is 0 Å². The lowest BCUT2D eigenvalue weighted by molar-refractivity contribution is 0.0792. The predicted octanol–water partition coefficient (Wildman–Crippen LogP) is 2.24. The van der Waals surface area contributed by atoms with Gasteiger partial charge in [0, 0.05) is 18.7 Å². The van der Waals surface area contributed by atoms with E-state index in [9.17, 15) is 4.79 Å². The van der Waals surface area contributed by atoms with Crippen LogP contribution in [-0.4, -0.2) is 31.0 Å². The van der Waals surface area contributed by atoms with Crippen LogP contribution >= 0.6 is 0 Å². The zero-order valence-electron chi connectivity index (χ0n) is 9.82. The van der Waals surface area contributed by atoms with Crippen LogP contribution in [0, 0.1) is 6.92 Å². The molecular formula is C13H17NO2. The highest BCUT2D eigenvalue weighted by atomic mass is 16.5. The first kappa shape index (κ1) is 11.0. The Balaban J connectivity index is 2.20. The van der Waals surface area contributed by atoms with Crippen LogP contribution in [0.25, 0.3) is 0 Å². The Morgan fingerprint density at radius 1 is 1.31 bits per heavy atom. The van der Waals surface area contributed by atoms with Crippen LogP contribution in [-0.2, 0) is 0 Å². The van der Waals surface area contributed by atoms with E-state index < -0.39 is 0 Å². The first-order valence-corrected chi connectivity index (χ1v) is 5.66. The van der Waals surface area contributed by atoms with Crippen molar-refractivity contribution in [3.8, 4) is 5.75 Å². The molecule has 3 nitrogen and oxygen atoms in total. The van der Waals surface area contributed by atoms with E-state index in [1.165, 1.54) is 0 Å². The Morgan fingerprint density at radius 2 is 2.00 bits per heavy atom. The number of benzene rings is 1. The number of nitrogens with zero attached hydrogens (tertiary/aromatic N) is 1. The summed E-state index contributed by atoms with van der Waals surface area (Å²) in [6.07, 6.45) is 2.25. The quantitative estimate of drug-likeness (QED) is 0.763. The van der Waals surface area contributed by atoms with Gasteiger partial charge in [0.1, 0.15) is 5.75 Å². The molecule has 0 spiro atoms. The van der Waals surface area contributed by atoms with Crippen LogP contribution in [0.2, 0.25) is 0 Å². The summed E-state index contributed by atoms with van der Waals surface area (Å²) in [6.45, 7) is 3.74. The average molecular weight is 219 g/mol. The largest absolute Gasteiger partial charge is 0.496 e. The van der Waals surface area contributed by atoms with Gasteiger partial charge in [-0.15, -0.1) is 0 Å². The summed E-state index contributed by atoms with van der Waals surface area (Å²) in [5.74, 6) is 0.973. The Hall–Kier alpha value is -1.51.